The first-order chi connectivity index (χ1) is 7.08. The molecule has 2 N–H and O–H groups in total. The average molecular weight is 222 g/mol. The summed E-state index contributed by atoms with van der Waals surface area (Å²) in [5.74, 6) is -0.641. The number of benzene rings is 1. The lowest BCUT2D eigenvalue weighted by atomic mass is 10.4. The highest BCUT2D eigenvalue weighted by Gasteiger charge is 2.26. The Labute approximate surface area is 88.1 Å². The number of amides is 1. The van der Waals surface area contributed by atoms with E-state index in [1.165, 1.54) is 0 Å². The van der Waals surface area contributed by atoms with Crippen LogP contribution in [0.15, 0.2) is 30.3 Å². The SMILES string of the molecule is N#CC[P@](=O)(CC(N)=O)c1ccccc1. The van der Waals surface area contributed by atoms with Gasteiger partial charge in [0, 0.05) is 5.30 Å². The Morgan fingerprint density at radius 3 is 2.47 bits per heavy atom. The van der Waals surface area contributed by atoms with E-state index in [4.69, 9.17) is 11.0 Å². The summed E-state index contributed by atoms with van der Waals surface area (Å²) in [6.07, 6.45) is -0.398. The normalized spacial score (nSPS) is 13.8. The predicted molar refractivity (Wildman–Crippen MR) is 58.2 cm³/mol. The molecule has 0 fully saturated rings. The predicted octanol–water partition coefficient (Wildman–Crippen LogP) is 0.684. The van der Waals surface area contributed by atoms with Crippen LogP contribution >= 0.6 is 7.14 Å². The fraction of sp³-hybridized carbons (Fsp3) is 0.200. The molecule has 1 aromatic carbocycles. The number of rotatable bonds is 4. The number of nitriles is 1. The highest BCUT2D eigenvalue weighted by Crippen LogP contribution is 2.43. The average Bonchev–Trinajstić information content (AvgIpc) is 2.18. The number of hydrogen-bond acceptors (Lipinski definition) is 3. The lowest BCUT2D eigenvalue weighted by Crippen LogP contribution is -2.21. The molecule has 0 spiro atoms. The van der Waals surface area contributed by atoms with Crippen LogP contribution in [0.25, 0.3) is 0 Å². The fourth-order valence-corrected chi connectivity index (χ4v) is 3.23. The molecule has 15 heavy (non-hydrogen) atoms. The van der Waals surface area contributed by atoms with Crippen molar-refractivity contribution in [1.82, 2.24) is 0 Å². The molecular formula is C10H11N2O2P. The number of nitrogens with zero attached hydrogens (tertiary/aromatic N) is 1. The number of hydrogen-bond donors (Lipinski definition) is 1. The molecule has 78 valence electrons. The Kier molecular flexibility index (Phi) is 3.65. The molecule has 0 radical (unpaired) electrons. The summed E-state index contributed by atoms with van der Waals surface area (Å²) >= 11 is 0. The molecule has 0 saturated heterocycles. The van der Waals surface area contributed by atoms with Crippen LogP contribution in [0.2, 0.25) is 0 Å². The molecule has 0 aliphatic carbocycles. The lowest BCUT2D eigenvalue weighted by molar-refractivity contribution is -0.115. The Balaban J connectivity index is 3.08. The molecule has 1 amide bonds. The van der Waals surface area contributed by atoms with Crippen molar-refractivity contribution >= 4 is 18.4 Å². The van der Waals surface area contributed by atoms with Gasteiger partial charge in [0.15, 0.2) is 0 Å². The Morgan fingerprint density at radius 1 is 1.40 bits per heavy atom. The zero-order valence-electron chi connectivity index (χ0n) is 8.09. The Hall–Kier alpha value is -1.59. The van der Waals surface area contributed by atoms with E-state index in [1.807, 2.05) is 6.07 Å². The van der Waals surface area contributed by atoms with Crippen LogP contribution < -0.4 is 11.0 Å². The highest BCUT2D eigenvalue weighted by atomic mass is 31.2. The van der Waals surface area contributed by atoms with Crippen molar-refractivity contribution in [3.63, 3.8) is 0 Å². The minimum absolute atomic E-state index is 0.153. The molecule has 0 unspecified atom stereocenters. The van der Waals surface area contributed by atoms with E-state index in [2.05, 4.69) is 0 Å². The molecule has 0 bridgehead atoms. The second-order valence-corrected chi connectivity index (χ2v) is 6.09. The molecule has 5 heteroatoms. The number of nitrogens with two attached hydrogens (primary N) is 1. The maximum atomic E-state index is 12.3. The molecular weight excluding hydrogens is 211 g/mol. The summed E-state index contributed by atoms with van der Waals surface area (Å²) in [7, 11) is -2.96. The van der Waals surface area contributed by atoms with Crippen LogP contribution in [0, 0.1) is 11.3 Å². The van der Waals surface area contributed by atoms with Gasteiger partial charge in [0.2, 0.25) is 5.91 Å². The third-order valence-electron chi connectivity index (χ3n) is 1.96. The monoisotopic (exact) mass is 222 g/mol. The Morgan fingerprint density at radius 2 is 2.00 bits per heavy atom. The van der Waals surface area contributed by atoms with Crippen molar-refractivity contribution in [2.24, 2.45) is 5.73 Å². The number of carbonyl (C=O) groups is 1. The zero-order valence-corrected chi connectivity index (χ0v) is 8.98. The summed E-state index contributed by atoms with van der Waals surface area (Å²) < 4.78 is 12.3. The van der Waals surface area contributed by atoms with Crippen molar-refractivity contribution in [2.75, 3.05) is 12.3 Å². The number of primary amides is 1. The lowest BCUT2D eigenvalue weighted by Gasteiger charge is -2.13. The second kappa shape index (κ2) is 4.77. The quantitative estimate of drug-likeness (QED) is 0.760. The van der Waals surface area contributed by atoms with Gasteiger partial charge in [0.25, 0.3) is 0 Å². The third kappa shape index (κ3) is 2.93. The molecule has 0 heterocycles. The second-order valence-electron chi connectivity index (χ2n) is 3.17. The Bertz CT molecular complexity index is 436. The molecule has 0 aliphatic heterocycles. The molecule has 1 aromatic rings. The van der Waals surface area contributed by atoms with Crippen LogP contribution in [0.1, 0.15) is 0 Å². The van der Waals surface area contributed by atoms with Gasteiger partial charge in [0.05, 0.1) is 18.4 Å². The van der Waals surface area contributed by atoms with E-state index in [0.29, 0.717) is 5.30 Å². The standard InChI is InChI=1S/C10H11N2O2P/c11-6-7-15(14,8-10(12)13)9-4-2-1-3-5-9/h1-5H,7-8H2,(H2,12,13)/t15-/m0/s1. The van der Waals surface area contributed by atoms with E-state index in [1.54, 1.807) is 30.3 Å². The van der Waals surface area contributed by atoms with Gasteiger partial charge in [-0.3, -0.25) is 4.79 Å². The van der Waals surface area contributed by atoms with Crippen LogP contribution in [-0.2, 0) is 9.36 Å². The molecule has 0 saturated carbocycles. The number of carbonyl (C=O) groups excluding carboxylic acids is 1. The van der Waals surface area contributed by atoms with Crippen LogP contribution in [0.3, 0.4) is 0 Å². The van der Waals surface area contributed by atoms with Gasteiger partial charge in [0.1, 0.15) is 7.14 Å². The zero-order chi connectivity index (χ0) is 11.3. The molecule has 0 aliphatic rings. The van der Waals surface area contributed by atoms with E-state index in [0.717, 1.165) is 0 Å². The first-order valence-corrected chi connectivity index (χ1v) is 6.45. The van der Waals surface area contributed by atoms with E-state index >= 15 is 0 Å². The van der Waals surface area contributed by atoms with Gasteiger partial charge in [-0.05, 0) is 0 Å². The summed E-state index contributed by atoms with van der Waals surface area (Å²) in [5.41, 5.74) is 5.03. The summed E-state index contributed by atoms with van der Waals surface area (Å²) in [6.45, 7) is 0. The van der Waals surface area contributed by atoms with Gasteiger partial charge in [-0.1, -0.05) is 30.3 Å². The summed E-state index contributed by atoms with van der Waals surface area (Å²) in [4.78, 5) is 10.8. The van der Waals surface area contributed by atoms with Crippen LogP contribution in [0.5, 0.6) is 0 Å². The fourth-order valence-electron chi connectivity index (χ4n) is 1.30. The highest BCUT2D eigenvalue weighted by molar-refractivity contribution is 7.72. The first kappa shape index (κ1) is 11.5. The van der Waals surface area contributed by atoms with E-state index in [-0.39, 0.29) is 12.3 Å². The minimum Gasteiger partial charge on any atom is -0.369 e. The van der Waals surface area contributed by atoms with Crippen molar-refractivity contribution < 1.29 is 9.36 Å². The molecule has 0 aromatic heterocycles. The van der Waals surface area contributed by atoms with Gasteiger partial charge >= 0.3 is 0 Å². The van der Waals surface area contributed by atoms with Crippen LogP contribution in [-0.4, -0.2) is 18.2 Å². The largest absolute Gasteiger partial charge is 0.369 e. The minimum atomic E-state index is -2.96. The van der Waals surface area contributed by atoms with Gasteiger partial charge in [-0.2, -0.15) is 5.26 Å². The van der Waals surface area contributed by atoms with Crippen molar-refractivity contribution in [3.8, 4) is 6.07 Å². The smallest absolute Gasteiger partial charge is 0.225 e. The van der Waals surface area contributed by atoms with E-state index < -0.39 is 13.0 Å². The van der Waals surface area contributed by atoms with Crippen molar-refractivity contribution in [1.29, 1.82) is 5.26 Å². The summed E-state index contributed by atoms with van der Waals surface area (Å²) in [5, 5.41) is 9.13. The van der Waals surface area contributed by atoms with Gasteiger partial charge < -0.3 is 10.3 Å². The van der Waals surface area contributed by atoms with Gasteiger partial charge in [-0.15, -0.1) is 0 Å². The van der Waals surface area contributed by atoms with Gasteiger partial charge in [-0.25, -0.2) is 0 Å². The molecule has 4 nitrogen and oxygen atoms in total. The van der Waals surface area contributed by atoms with Crippen LogP contribution in [0.4, 0.5) is 0 Å². The summed E-state index contributed by atoms with van der Waals surface area (Å²) in [6, 6.07) is 10.4. The van der Waals surface area contributed by atoms with Crippen molar-refractivity contribution in [2.45, 2.75) is 0 Å². The maximum Gasteiger partial charge on any atom is 0.225 e. The van der Waals surface area contributed by atoms with E-state index in [9.17, 15) is 9.36 Å². The third-order valence-corrected chi connectivity index (χ3v) is 4.68. The molecule has 1 rings (SSSR count). The maximum absolute atomic E-state index is 12.3. The first-order valence-electron chi connectivity index (χ1n) is 4.37. The van der Waals surface area contributed by atoms with Crippen molar-refractivity contribution in [3.05, 3.63) is 30.3 Å². The molecule has 1 atom stereocenters. The topological polar surface area (TPSA) is 83.9 Å².